The summed E-state index contributed by atoms with van der Waals surface area (Å²) < 4.78 is 10.7. The highest BCUT2D eigenvalue weighted by molar-refractivity contribution is 5.54. The Morgan fingerprint density at radius 1 is 1.21 bits per heavy atom. The van der Waals surface area contributed by atoms with E-state index in [0.29, 0.717) is 11.4 Å². The van der Waals surface area contributed by atoms with Crippen LogP contribution in [0.1, 0.15) is 17.1 Å². The SMILES string of the molecule is COc1ccc(CN(C)Cc2ccc(C)o2)cc1N. The summed E-state index contributed by atoms with van der Waals surface area (Å²) in [6.45, 7) is 3.54. The molecule has 1 heterocycles. The lowest BCUT2D eigenvalue weighted by Gasteiger charge is -2.16. The number of methoxy groups -OCH3 is 1. The number of nitrogens with two attached hydrogens (primary N) is 1. The standard InChI is InChI=1S/C15H20N2O2/c1-11-4-6-13(19-11)10-17(2)9-12-5-7-15(18-3)14(16)8-12/h4-8H,9-10,16H2,1-3H3. The fourth-order valence-corrected chi connectivity index (χ4v) is 2.09. The first-order valence-electron chi connectivity index (χ1n) is 6.24. The molecule has 0 bridgehead atoms. The third-order valence-electron chi connectivity index (χ3n) is 2.97. The number of rotatable bonds is 5. The highest BCUT2D eigenvalue weighted by Gasteiger charge is 2.06. The van der Waals surface area contributed by atoms with Crippen molar-refractivity contribution in [2.24, 2.45) is 0 Å². The van der Waals surface area contributed by atoms with Crippen LogP contribution in [0, 0.1) is 6.92 Å². The molecule has 4 heteroatoms. The lowest BCUT2D eigenvalue weighted by atomic mass is 10.2. The highest BCUT2D eigenvalue weighted by Crippen LogP contribution is 2.22. The molecule has 0 radical (unpaired) electrons. The fraction of sp³-hybridized carbons (Fsp3) is 0.333. The van der Waals surface area contributed by atoms with Gasteiger partial charge in [0, 0.05) is 6.54 Å². The van der Waals surface area contributed by atoms with Crippen LogP contribution in [0.15, 0.2) is 34.7 Å². The molecule has 0 amide bonds. The summed E-state index contributed by atoms with van der Waals surface area (Å²) in [4.78, 5) is 2.18. The van der Waals surface area contributed by atoms with E-state index in [1.165, 1.54) is 0 Å². The number of furan rings is 1. The fourth-order valence-electron chi connectivity index (χ4n) is 2.09. The molecule has 2 rings (SSSR count). The van der Waals surface area contributed by atoms with E-state index in [1.807, 2.05) is 37.3 Å². The van der Waals surface area contributed by atoms with Gasteiger partial charge in [0.15, 0.2) is 0 Å². The number of ether oxygens (including phenoxy) is 1. The predicted molar refractivity (Wildman–Crippen MR) is 76.0 cm³/mol. The van der Waals surface area contributed by atoms with Crippen molar-refractivity contribution in [1.82, 2.24) is 4.90 Å². The minimum atomic E-state index is 0.669. The normalized spacial score (nSPS) is 10.9. The first kappa shape index (κ1) is 13.5. The van der Waals surface area contributed by atoms with Crippen molar-refractivity contribution in [3.05, 3.63) is 47.4 Å². The molecular weight excluding hydrogens is 240 g/mol. The van der Waals surface area contributed by atoms with Crippen molar-refractivity contribution in [3.63, 3.8) is 0 Å². The van der Waals surface area contributed by atoms with Gasteiger partial charge in [-0.1, -0.05) is 6.07 Å². The summed E-state index contributed by atoms with van der Waals surface area (Å²) in [5, 5.41) is 0. The Morgan fingerprint density at radius 3 is 2.58 bits per heavy atom. The van der Waals surface area contributed by atoms with Gasteiger partial charge in [0.25, 0.3) is 0 Å². The van der Waals surface area contributed by atoms with E-state index in [2.05, 4.69) is 11.9 Å². The minimum absolute atomic E-state index is 0.669. The number of benzene rings is 1. The Kier molecular flexibility index (Phi) is 4.12. The van der Waals surface area contributed by atoms with Crippen LogP contribution in [-0.4, -0.2) is 19.1 Å². The molecule has 0 spiro atoms. The van der Waals surface area contributed by atoms with E-state index in [1.54, 1.807) is 7.11 Å². The molecule has 0 aliphatic rings. The molecule has 4 nitrogen and oxygen atoms in total. The monoisotopic (exact) mass is 260 g/mol. The second kappa shape index (κ2) is 5.80. The molecule has 0 atom stereocenters. The van der Waals surface area contributed by atoms with Crippen LogP contribution < -0.4 is 10.5 Å². The smallest absolute Gasteiger partial charge is 0.141 e. The van der Waals surface area contributed by atoms with Gasteiger partial charge >= 0.3 is 0 Å². The van der Waals surface area contributed by atoms with Crippen LogP contribution in [-0.2, 0) is 13.1 Å². The minimum Gasteiger partial charge on any atom is -0.495 e. The number of nitrogens with zero attached hydrogens (tertiary/aromatic N) is 1. The number of hydrogen-bond acceptors (Lipinski definition) is 4. The topological polar surface area (TPSA) is 51.6 Å². The Morgan fingerprint density at radius 2 is 2.00 bits per heavy atom. The molecule has 1 aromatic carbocycles. The lowest BCUT2D eigenvalue weighted by molar-refractivity contribution is 0.285. The van der Waals surface area contributed by atoms with E-state index in [9.17, 15) is 0 Å². The van der Waals surface area contributed by atoms with Crippen molar-refractivity contribution in [2.45, 2.75) is 20.0 Å². The van der Waals surface area contributed by atoms with E-state index >= 15 is 0 Å². The molecule has 102 valence electrons. The number of anilines is 1. The summed E-state index contributed by atoms with van der Waals surface area (Å²) in [7, 11) is 3.68. The van der Waals surface area contributed by atoms with Crippen LogP contribution in [0.2, 0.25) is 0 Å². The number of aryl methyl sites for hydroxylation is 1. The predicted octanol–water partition coefficient (Wildman–Crippen LogP) is 2.81. The number of nitrogen functional groups attached to an aromatic ring is 1. The lowest BCUT2D eigenvalue weighted by Crippen LogP contribution is -2.17. The van der Waals surface area contributed by atoms with Gasteiger partial charge in [0.05, 0.1) is 19.3 Å². The quantitative estimate of drug-likeness (QED) is 0.840. The van der Waals surface area contributed by atoms with Gasteiger partial charge in [-0.15, -0.1) is 0 Å². The van der Waals surface area contributed by atoms with Gasteiger partial charge in [0.1, 0.15) is 17.3 Å². The summed E-state index contributed by atoms with van der Waals surface area (Å²) in [5.41, 5.74) is 7.73. The molecule has 0 aliphatic heterocycles. The molecule has 2 N–H and O–H groups in total. The van der Waals surface area contributed by atoms with Crippen LogP contribution in [0.5, 0.6) is 5.75 Å². The summed E-state index contributed by atoms with van der Waals surface area (Å²) in [6, 6.07) is 9.86. The van der Waals surface area contributed by atoms with Gasteiger partial charge in [-0.05, 0) is 43.8 Å². The maximum atomic E-state index is 5.90. The molecule has 0 saturated carbocycles. The van der Waals surface area contributed by atoms with Gasteiger partial charge in [-0.3, -0.25) is 4.90 Å². The molecule has 0 fully saturated rings. The van der Waals surface area contributed by atoms with Gasteiger partial charge in [-0.2, -0.15) is 0 Å². The first-order chi connectivity index (χ1) is 9.08. The maximum absolute atomic E-state index is 5.90. The van der Waals surface area contributed by atoms with Crippen LogP contribution in [0.3, 0.4) is 0 Å². The zero-order chi connectivity index (χ0) is 13.8. The van der Waals surface area contributed by atoms with Crippen molar-refractivity contribution < 1.29 is 9.15 Å². The molecule has 0 aliphatic carbocycles. The van der Waals surface area contributed by atoms with E-state index in [0.717, 1.165) is 30.2 Å². The Bertz CT molecular complexity index is 549. The van der Waals surface area contributed by atoms with E-state index < -0.39 is 0 Å². The Hall–Kier alpha value is -1.94. The summed E-state index contributed by atoms with van der Waals surface area (Å²) in [6.07, 6.45) is 0. The van der Waals surface area contributed by atoms with E-state index in [-0.39, 0.29) is 0 Å². The molecule has 19 heavy (non-hydrogen) atoms. The largest absolute Gasteiger partial charge is 0.495 e. The second-order valence-corrected chi connectivity index (χ2v) is 4.76. The average molecular weight is 260 g/mol. The zero-order valence-corrected chi connectivity index (χ0v) is 11.6. The summed E-state index contributed by atoms with van der Waals surface area (Å²) >= 11 is 0. The van der Waals surface area contributed by atoms with Crippen molar-refractivity contribution in [2.75, 3.05) is 19.9 Å². The van der Waals surface area contributed by atoms with Crippen LogP contribution >= 0.6 is 0 Å². The molecular formula is C15H20N2O2. The first-order valence-corrected chi connectivity index (χ1v) is 6.24. The van der Waals surface area contributed by atoms with Gasteiger partial charge < -0.3 is 14.9 Å². The van der Waals surface area contributed by atoms with Gasteiger partial charge in [-0.25, -0.2) is 0 Å². The van der Waals surface area contributed by atoms with Crippen molar-refractivity contribution >= 4 is 5.69 Å². The Labute approximate surface area is 113 Å². The second-order valence-electron chi connectivity index (χ2n) is 4.76. The van der Waals surface area contributed by atoms with Crippen molar-refractivity contribution in [1.29, 1.82) is 0 Å². The molecule has 1 aromatic heterocycles. The van der Waals surface area contributed by atoms with E-state index in [4.69, 9.17) is 14.9 Å². The zero-order valence-electron chi connectivity index (χ0n) is 11.6. The molecule has 0 unspecified atom stereocenters. The highest BCUT2D eigenvalue weighted by atomic mass is 16.5. The van der Waals surface area contributed by atoms with Crippen molar-refractivity contribution in [3.8, 4) is 5.75 Å². The van der Waals surface area contributed by atoms with Crippen LogP contribution in [0.4, 0.5) is 5.69 Å². The third kappa shape index (κ3) is 3.51. The average Bonchev–Trinajstić information content (AvgIpc) is 2.74. The van der Waals surface area contributed by atoms with Crippen LogP contribution in [0.25, 0.3) is 0 Å². The Balaban J connectivity index is 1.98. The maximum Gasteiger partial charge on any atom is 0.141 e. The molecule has 0 saturated heterocycles. The third-order valence-corrected chi connectivity index (χ3v) is 2.97. The number of hydrogen-bond donors (Lipinski definition) is 1. The molecule has 2 aromatic rings. The summed E-state index contributed by atoms with van der Waals surface area (Å²) in [5.74, 6) is 2.63. The van der Waals surface area contributed by atoms with Gasteiger partial charge in [0.2, 0.25) is 0 Å².